The summed E-state index contributed by atoms with van der Waals surface area (Å²) < 4.78 is 5.29. The van der Waals surface area contributed by atoms with Crippen molar-refractivity contribution in [2.24, 2.45) is 0 Å². The number of nitrogens with zero attached hydrogens (tertiary/aromatic N) is 2. The van der Waals surface area contributed by atoms with Gasteiger partial charge in [0.15, 0.2) is 0 Å². The van der Waals surface area contributed by atoms with Crippen molar-refractivity contribution >= 4 is 11.8 Å². The zero-order chi connectivity index (χ0) is 21.6. The molecule has 0 saturated heterocycles. The Morgan fingerprint density at radius 2 is 1.61 bits per heavy atom. The number of benzene rings is 3. The van der Waals surface area contributed by atoms with Gasteiger partial charge in [0.25, 0.3) is 0 Å². The fourth-order valence-corrected chi connectivity index (χ4v) is 4.28. The number of pyridine rings is 1. The molecule has 0 aliphatic carbocycles. The van der Waals surface area contributed by atoms with Crippen LogP contribution in [0.15, 0.2) is 90.0 Å². The van der Waals surface area contributed by atoms with E-state index in [1.54, 1.807) is 18.9 Å². The van der Waals surface area contributed by atoms with Gasteiger partial charge in [-0.3, -0.25) is 0 Å². The second-order valence-corrected chi connectivity index (χ2v) is 8.18. The van der Waals surface area contributed by atoms with Gasteiger partial charge in [-0.05, 0) is 48.4 Å². The van der Waals surface area contributed by atoms with Crippen LogP contribution in [0.2, 0.25) is 0 Å². The molecule has 0 amide bonds. The summed E-state index contributed by atoms with van der Waals surface area (Å²) in [7, 11) is 1.66. The number of hydrogen-bond acceptors (Lipinski definition) is 4. The summed E-state index contributed by atoms with van der Waals surface area (Å²) in [4.78, 5) is 4.89. The number of ether oxygens (including phenoxy) is 1. The van der Waals surface area contributed by atoms with E-state index < -0.39 is 0 Å². The molecule has 0 radical (unpaired) electrons. The van der Waals surface area contributed by atoms with Gasteiger partial charge in [0.05, 0.1) is 18.4 Å². The van der Waals surface area contributed by atoms with Crippen LogP contribution in [-0.4, -0.2) is 12.1 Å². The molecule has 3 nitrogen and oxygen atoms in total. The molecule has 3 aromatic carbocycles. The molecular formula is C27H22N2OS. The first-order valence-electron chi connectivity index (χ1n) is 10.0. The molecule has 0 aliphatic rings. The molecule has 0 aliphatic heterocycles. The van der Waals surface area contributed by atoms with Gasteiger partial charge in [-0.15, -0.1) is 11.8 Å². The van der Waals surface area contributed by atoms with Gasteiger partial charge < -0.3 is 4.74 Å². The van der Waals surface area contributed by atoms with Gasteiger partial charge in [0, 0.05) is 16.9 Å². The number of aryl methyl sites for hydroxylation is 1. The van der Waals surface area contributed by atoms with Crippen LogP contribution in [0.3, 0.4) is 0 Å². The normalized spacial score (nSPS) is 10.5. The third-order valence-electron chi connectivity index (χ3n) is 5.06. The number of rotatable bonds is 6. The lowest BCUT2D eigenvalue weighted by Crippen LogP contribution is -1.96. The largest absolute Gasteiger partial charge is 0.497 e. The van der Waals surface area contributed by atoms with E-state index >= 15 is 0 Å². The van der Waals surface area contributed by atoms with Crippen molar-refractivity contribution in [2.45, 2.75) is 17.7 Å². The van der Waals surface area contributed by atoms with Crippen LogP contribution in [0.1, 0.15) is 16.7 Å². The molecule has 152 valence electrons. The smallest absolute Gasteiger partial charge is 0.118 e. The molecule has 0 unspecified atom stereocenters. The molecule has 0 fully saturated rings. The monoisotopic (exact) mass is 422 g/mol. The van der Waals surface area contributed by atoms with Gasteiger partial charge in [-0.1, -0.05) is 60.2 Å². The third kappa shape index (κ3) is 4.79. The minimum atomic E-state index is 0.612. The van der Waals surface area contributed by atoms with E-state index in [-0.39, 0.29) is 0 Å². The Morgan fingerprint density at radius 1 is 0.903 bits per heavy atom. The van der Waals surface area contributed by atoms with Crippen LogP contribution in [0, 0.1) is 18.3 Å². The fourth-order valence-electron chi connectivity index (χ4n) is 3.33. The van der Waals surface area contributed by atoms with Crippen LogP contribution < -0.4 is 4.74 Å². The Labute approximate surface area is 187 Å². The van der Waals surface area contributed by atoms with Crippen molar-refractivity contribution < 1.29 is 4.74 Å². The molecule has 0 spiro atoms. The molecular weight excluding hydrogens is 400 g/mol. The fraction of sp³-hybridized carbons (Fsp3) is 0.111. The average molecular weight is 423 g/mol. The second kappa shape index (κ2) is 9.51. The Morgan fingerprint density at radius 3 is 2.26 bits per heavy atom. The molecule has 0 N–H and O–H groups in total. The summed E-state index contributed by atoms with van der Waals surface area (Å²) in [6.07, 6.45) is 0. The summed E-state index contributed by atoms with van der Waals surface area (Å²) in [5.74, 6) is 1.55. The van der Waals surface area contributed by atoms with Gasteiger partial charge in [-0.25, -0.2) is 4.98 Å². The molecule has 31 heavy (non-hydrogen) atoms. The molecule has 1 aromatic heterocycles. The first kappa shape index (κ1) is 20.7. The molecule has 1 heterocycles. The number of hydrogen-bond donors (Lipinski definition) is 0. The summed E-state index contributed by atoms with van der Waals surface area (Å²) in [6.45, 7) is 2.08. The number of thioether (sulfide) groups is 1. The second-order valence-electron chi connectivity index (χ2n) is 7.22. The molecule has 4 aromatic rings. The summed E-state index contributed by atoms with van der Waals surface area (Å²) in [5.41, 5.74) is 6.78. The predicted molar refractivity (Wildman–Crippen MR) is 127 cm³/mol. The lowest BCUT2D eigenvalue weighted by atomic mass is 9.99. The minimum absolute atomic E-state index is 0.612. The van der Waals surface area contributed by atoms with Crippen LogP contribution in [0.5, 0.6) is 5.75 Å². The van der Waals surface area contributed by atoms with Crippen LogP contribution in [0.4, 0.5) is 0 Å². The van der Waals surface area contributed by atoms with Crippen LogP contribution >= 0.6 is 11.8 Å². The number of methoxy groups -OCH3 is 1. The minimum Gasteiger partial charge on any atom is -0.497 e. The van der Waals surface area contributed by atoms with Crippen molar-refractivity contribution in [3.8, 4) is 34.2 Å². The molecule has 0 saturated carbocycles. The van der Waals surface area contributed by atoms with E-state index in [1.807, 2.05) is 60.7 Å². The maximum Gasteiger partial charge on any atom is 0.118 e. The zero-order valence-electron chi connectivity index (χ0n) is 17.5. The Hall–Kier alpha value is -3.55. The lowest BCUT2D eigenvalue weighted by molar-refractivity contribution is 0.415. The van der Waals surface area contributed by atoms with E-state index in [9.17, 15) is 5.26 Å². The number of aromatic nitrogens is 1. The molecule has 0 bridgehead atoms. The molecule has 4 heteroatoms. The highest BCUT2D eigenvalue weighted by atomic mass is 32.2. The highest BCUT2D eigenvalue weighted by molar-refractivity contribution is 7.98. The average Bonchev–Trinajstić information content (AvgIpc) is 2.83. The summed E-state index contributed by atoms with van der Waals surface area (Å²) in [5, 5.41) is 10.7. The standard InChI is InChI=1S/C27H22N2OS/c1-19-8-10-20(11-9-19)18-31-27-25(17-28)24(21-6-4-3-5-7-21)16-26(29-27)22-12-14-23(30-2)15-13-22/h3-16H,18H2,1-2H3. The van der Waals surface area contributed by atoms with Crippen LogP contribution in [-0.2, 0) is 5.75 Å². The maximum atomic E-state index is 10.0. The van der Waals surface area contributed by atoms with Crippen molar-refractivity contribution in [2.75, 3.05) is 7.11 Å². The van der Waals surface area contributed by atoms with E-state index in [1.165, 1.54) is 11.1 Å². The Bertz CT molecular complexity index is 1210. The third-order valence-corrected chi connectivity index (χ3v) is 6.11. The van der Waals surface area contributed by atoms with Gasteiger partial charge in [0.1, 0.15) is 16.8 Å². The quantitative estimate of drug-likeness (QED) is 0.317. The van der Waals surface area contributed by atoms with Gasteiger partial charge in [-0.2, -0.15) is 5.26 Å². The highest BCUT2D eigenvalue weighted by Crippen LogP contribution is 2.35. The van der Waals surface area contributed by atoms with E-state index in [4.69, 9.17) is 9.72 Å². The first-order chi connectivity index (χ1) is 15.2. The van der Waals surface area contributed by atoms with E-state index in [0.29, 0.717) is 5.56 Å². The SMILES string of the molecule is COc1ccc(-c2cc(-c3ccccc3)c(C#N)c(SCc3ccc(C)cc3)n2)cc1. The van der Waals surface area contributed by atoms with Crippen molar-refractivity contribution in [1.82, 2.24) is 4.98 Å². The Kier molecular flexibility index (Phi) is 6.35. The lowest BCUT2D eigenvalue weighted by Gasteiger charge is -2.13. The summed E-state index contributed by atoms with van der Waals surface area (Å²) >= 11 is 1.60. The molecule has 0 atom stereocenters. The zero-order valence-corrected chi connectivity index (χ0v) is 18.3. The van der Waals surface area contributed by atoms with Crippen molar-refractivity contribution in [3.05, 3.63) is 102 Å². The highest BCUT2D eigenvalue weighted by Gasteiger charge is 2.16. The van der Waals surface area contributed by atoms with Crippen LogP contribution in [0.25, 0.3) is 22.4 Å². The van der Waals surface area contributed by atoms with Gasteiger partial charge in [0.2, 0.25) is 0 Å². The van der Waals surface area contributed by atoms with Gasteiger partial charge >= 0.3 is 0 Å². The Balaban J connectivity index is 1.79. The topological polar surface area (TPSA) is 45.9 Å². The van der Waals surface area contributed by atoms with E-state index in [0.717, 1.165) is 38.9 Å². The predicted octanol–water partition coefficient (Wildman–Crippen LogP) is 6.90. The molecule has 4 rings (SSSR count). The first-order valence-corrected chi connectivity index (χ1v) is 11.0. The van der Waals surface area contributed by atoms with Crippen molar-refractivity contribution in [1.29, 1.82) is 5.26 Å². The summed E-state index contributed by atoms with van der Waals surface area (Å²) in [6, 6.07) is 30.7. The maximum absolute atomic E-state index is 10.0. The number of nitriles is 1. The van der Waals surface area contributed by atoms with E-state index in [2.05, 4.69) is 37.3 Å². The van der Waals surface area contributed by atoms with Crippen molar-refractivity contribution in [3.63, 3.8) is 0 Å².